The van der Waals surface area contributed by atoms with Crippen LogP contribution < -0.4 is 9.80 Å². The topological polar surface area (TPSA) is 16.3 Å². The number of rotatable bonds is 8. The predicted octanol–water partition coefficient (Wildman–Crippen LogP) is 25.4. The number of hydrogen-bond acceptors (Lipinski definition) is 5. The van der Waals surface area contributed by atoms with Gasteiger partial charge in [0.25, 0.3) is 0 Å². The van der Waals surface area contributed by atoms with Crippen LogP contribution in [0.3, 0.4) is 0 Å². The molecule has 424 valence electrons. The standard InChI is InChI=1S/C84H50N4S3/c1-3-20-51(21-4-1)86-72-33-13-9-26-59(72)69-47-54(41-44-74(69)86)85(76-35-17-30-63-61-28-11-15-38-79(61)89-82(63)76)53-40-43-58-66(46-53)56-24-7-8-25-57(56)67-49-71-65-32-19-37-78(84(65)91-81(71)50-68(58)67)88(77-36-18-31-64-62-29-12-16-39-80(62)90-83(64)77)55-42-45-75-70(48-55)60-27-10-14-34-73(60)87(75)52-22-5-2-6-23-52/h1-50H. The minimum Gasteiger partial charge on any atom is -0.309 e. The Balaban J connectivity index is 0.805. The second-order valence-electron chi connectivity index (χ2n) is 23.9. The van der Waals surface area contributed by atoms with E-state index in [0.717, 1.165) is 39.8 Å². The summed E-state index contributed by atoms with van der Waals surface area (Å²) in [6.45, 7) is 0. The fourth-order valence-corrected chi connectivity index (χ4v) is 18.7. The molecule has 0 aliphatic carbocycles. The third-order valence-corrected chi connectivity index (χ3v) is 22.6. The number of hydrogen-bond donors (Lipinski definition) is 0. The molecule has 0 saturated heterocycles. The van der Waals surface area contributed by atoms with Gasteiger partial charge in [-0.25, -0.2) is 0 Å². The van der Waals surface area contributed by atoms with E-state index in [1.165, 1.54) is 142 Å². The smallest absolute Gasteiger partial charge is 0.0640 e. The van der Waals surface area contributed by atoms with E-state index in [1.807, 2.05) is 34.0 Å². The molecule has 0 N–H and O–H groups in total. The Kier molecular flexibility index (Phi) is 11.0. The van der Waals surface area contributed by atoms with E-state index in [1.54, 1.807) is 0 Å². The highest BCUT2D eigenvalue weighted by Gasteiger charge is 2.26. The van der Waals surface area contributed by atoms with Gasteiger partial charge in [0, 0.05) is 96.4 Å². The maximum absolute atomic E-state index is 2.56. The first-order valence-electron chi connectivity index (χ1n) is 31.0. The zero-order valence-corrected chi connectivity index (χ0v) is 51.3. The van der Waals surface area contributed by atoms with Gasteiger partial charge in [-0.05, 0) is 160 Å². The first-order chi connectivity index (χ1) is 45.1. The summed E-state index contributed by atoms with van der Waals surface area (Å²) in [4.78, 5) is 5.07. The molecule has 0 amide bonds. The molecule has 0 bridgehead atoms. The van der Waals surface area contributed by atoms with Gasteiger partial charge in [-0.2, -0.15) is 0 Å². The van der Waals surface area contributed by atoms with Crippen LogP contribution in [-0.2, 0) is 0 Å². The van der Waals surface area contributed by atoms with Crippen molar-refractivity contribution >= 4 is 205 Å². The van der Waals surface area contributed by atoms with Gasteiger partial charge in [0.1, 0.15) is 0 Å². The van der Waals surface area contributed by atoms with Gasteiger partial charge in [0.05, 0.1) is 53.2 Å². The zero-order valence-electron chi connectivity index (χ0n) is 48.9. The van der Waals surface area contributed by atoms with Gasteiger partial charge in [0.15, 0.2) is 0 Å². The van der Waals surface area contributed by atoms with Gasteiger partial charge in [0.2, 0.25) is 0 Å². The number of aromatic nitrogens is 2. The summed E-state index contributed by atoms with van der Waals surface area (Å²) in [5.41, 5.74) is 13.9. The van der Waals surface area contributed by atoms with Crippen molar-refractivity contribution in [1.29, 1.82) is 0 Å². The summed E-state index contributed by atoms with van der Waals surface area (Å²) in [6.07, 6.45) is 0. The lowest BCUT2D eigenvalue weighted by molar-refractivity contribution is 1.18. The highest BCUT2D eigenvalue weighted by Crippen LogP contribution is 2.53. The molecule has 91 heavy (non-hydrogen) atoms. The van der Waals surface area contributed by atoms with Crippen molar-refractivity contribution in [3.63, 3.8) is 0 Å². The Hall–Kier alpha value is -11.1. The minimum absolute atomic E-state index is 1.11. The fourth-order valence-electron chi connectivity index (χ4n) is 15.1. The van der Waals surface area contributed by atoms with Crippen LogP contribution in [0.25, 0.3) is 148 Å². The molecule has 0 aliphatic rings. The van der Waals surface area contributed by atoms with Crippen LogP contribution in [0.15, 0.2) is 303 Å². The van der Waals surface area contributed by atoms with Crippen molar-refractivity contribution in [3.05, 3.63) is 303 Å². The number of thiophene rings is 3. The largest absolute Gasteiger partial charge is 0.309 e. The average Bonchev–Trinajstić information content (AvgIpc) is 1.75. The number of anilines is 6. The SMILES string of the molecule is c1ccc(-n2c3ccccc3c3cc(N(c4ccc5c(c4)c4ccccc4c4cc6c(cc54)sc4c(N(c5ccc7c(c5)c5ccccc5n7-c5ccccc5)c5cccc7c5sc5ccccc57)cccc46)c4cccc5c4sc4ccccc45)ccc32)cc1. The van der Waals surface area contributed by atoms with Gasteiger partial charge < -0.3 is 18.9 Å². The van der Waals surface area contributed by atoms with Crippen LogP contribution in [0.4, 0.5) is 34.1 Å². The molecule has 0 spiro atoms. The van der Waals surface area contributed by atoms with E-state index in [9.17, 15) is 0 Å². The van der Waals surface area contributed by atoms with Crippen LogP contribution in [0.2, 0.25) is 0 Å². The molecule has 0 saturated carbocycles. The Bertz CT molecular complexity index is 6420. The molecule has 0 atom stereocenters. The van der Waals surface area contributed by atoms with E-state index in [-0.39, 0.29) is 0 Å². The summed E-state index contributed by atoms with van der Waals surface area (Å²) >= 11 is 5.67. The molecule has 0 aliphatic heterocycles. The highest BCUT2D eigenvalue weighted by molar-refractivity contribution is 7.27. The number of fused-ring (bicyclic) bond motifs is 21. The third-order valence-electron chi connectivity index (χ3n) is 19.0. The number of benzene rings is 15. The molecule has 5 heterocycles. The van der Waals surface area contributed by atoms with Crippen molar-refractivity contribution in [3.8, 4) is 11.4 Å². The summed E-state index contributed by atoms with van der Waals surface area (Å²) in [5.74, 6) is 0. The monoisotopic (exact) mass is 1210 g/mol. The second kappa shape index (κ2) is 19.7. The van der Waals surface area contributed by atoms with E-state index < -0.39 is 0 Å². The maximum Gasteiger partial charge on any atom is 0.0640 e. The molecular weight excluding hydrogens is 1160 g/mol. The van der Waals surface area contributed by atoms with Gasteiger partial charge >= 0.3 is 0 Å². The Morgan fingerprint density at radius 1 is 0.198 bits per heavy atom. The lowest BCUT2D eigenvalue weighted by atomic mass is 9.92. The normalized spacial score (nSPS) is 12.2. The van der Waals surface area contributed by atoms with Crippen molar-refractivity contribution in [2.75, 3.05) is 9.80 Å². The number of para-hydroxylation sites is 4. The average molecular weight is 1210 g/mol. The zero-order chi connectivity index (χ0) is 59.4. The molecule has 7 heteroatoms. The molecule has 4 nitrogen and oxygen atoms in total. The molecule has 0 unspecified atom stereocenters. The van der Waals surface area contributed by atoms with Crippen molar-refractivity contribution in [2.45, 2.75) is 0 Å². The molecule has 15 aromatic carbocycles. The van der Waals surface area contributed by atoms with Gasteiger partial charge in [-0.1, -0.05) is 176 Å². The summed E-state index contributed by atoms with van der Waals surface area (Å²) in [7, 11) is 0. The first kappa shape index (κ1) is 50.9. The van der Waals surface area contributed by atoms with Crippen LogP contribution >= 0.6 is 34.0 Å². The van der Waals surface area contributed by atoms with E-state index >= 15 is 0 Å². The molecule has 0 fully saturated rings. The van der Waals surface area contributed by atoms with Crippen LogP contribution in [0.1, 0.15) is 0 Å². The lowest BCUT2D eigenvalue weighted by Crippen LogP contribution is -2.10. The van der Waals surface area contributed by atoms with E-state index in [2.05, 4.69) is 322 Å². The number of nitrogens with zero attached hydrogens (tertiary/aromatic N) is 4. The highest BCUT2D eigenvalue weighted by atomic mass is 32.1. The Labute approximate surface area is 534 Å². The van der Waals surface area contributed by atoms with Crippen molar-refractivity contribution in [2.24, 2.45) is 0 Å². The van der Waals surface area contributed by atoms with Gasteiger partial charge in [-0.3, -0.25) is 0 Å². The first-order valence-corrected chi connectivity index (χ1v) is 33.4. The third kappa shape index (κ3) is 7.54. The summed E-state index contributed by atoms with van der Waals surface area (Å²) in [6, 6.07) is 113. The maximum atomic E-state index is 2.56. The minimum atomic E-state index is 1.11. The van der Waals surface area contributed by atoms with Crippen molar-refractivity contribution in [1.82, 2.24) is 9.13 Å². The Morgan fingerprint density at radius 2 is 0.549 bits per heavy atom. The van der Waals surface area contributed by atoms with E-state index in [0.29, 0.717) is 0 Å². The quantitative estimate of drug-likeness (QED) is 0.141. The predicted molar refractivity (Wildman–Crippen MR) is 396 cm³/mol. The second-order valence-corrected chi connectivity index (χ2v) is 27.0. The van der Waals surface area contributed by atoms with Gasteiger partial charge in [-0.15, -0.1) is 34.0 Å². The van der Waals surface area contributed by atoms with Crippen molar-refractivity contribution < 1.29 is 0 Å². The lowest BCUT2D eigenvalue weighted by Gasteiger charge is -2.27. The summed E-state index contributed by atoms with van der Waals surface area (Å²) < 4.78 is 12.4. The fraction of sp³-hybridized carbons (Fsp3) is 0. The molecule has 5 aromatic heterocycles. The van der Waals surface area contributed by atoms with Crippen LogP contribution in [0.5, 0.6) is 0 Å². The van der Waals surface area contributed by atoms with E-state index in [4.69, 9.17) is 0 Å². The molecule has 20 aromatic rings. The van der Waals surface area contributed by atoms with Crippen LogP contribution in [-0.4, -0.2) is 9.13 Å². The molecule has 20 rings (SSSR count). The molecular formula is C84H50N4S3. The Morgan fingerprint density at radius 3 is 1.08 bits per heavy atom. The molecule has 0 radical (unpaired) electrons. The van der Waals surface area contributed by atoms with Crippen LogP contribution in [0, 0.1) is 0 Å². The summed E-state index contributed by atoms with van der Waals surface area (Å²) in [5, 5.41) is 20.0.